The van der Waals surface area contributed by atoms with Crippen LogP contribution in [0.1, 0.15) is 24.8 Å². The monoisotopic (exact) mass is 415 g/mol. The molecule has 4 N–H and O–H groups in total. The molecule has 0 spiro atoms. The van der Waals surface area contributed by atoms with Gasteiger partial charge < -0.3 is 25.3 Å². The van der Waals surface area contributed by atoms with Crippen molar-refractivity contribution in [3.63, 3.8) is 0 Å². The summed E-state index contributed by atoms with van der Waals surface area (Å²) >= 11 is 0. The van der Waals surface area contributed by atoms with Crippen molar-refractivity contribution in [3.8, 4) is 0 Å². The van der Waals surface area contributed by atoms with Gasteiger partial charge in [0.1, 0.15) is 23.8 Å². The van der Waals surface area contributed by atoms with E-state index in [0.717, 1.165) is 5.39 Å². The van der Waals surface area contributed by atoms with Crippen LogP contribution in [0.2, 0.25) is 0 Å². The zero-order valence-corrected chi connectivity index (χ0v) is 16.0. The van der Waals surface area contributed by atoms with Gasteiger partial charge in [-0.2, -0.15) is 0 Å². The maximum Gasteiger partial charge on any atom is 0.407 e. The number of unbranched alkanes of at least 4 members (excludes halogenated alkanes) is 1. The summed E-state index contributed by atoms with van der Waals surface area (Å²) in [5.41, 5.74) is 6.45. The molecule has 1 heterocycles. The van der Waals surface area contributed by atoms with Gasteiger partial charge in [0.2, 0.25) is 0 Å². The van der Waals surface area contributed by atoms with Crippen LogP contribution in [0, 0.1) is 10.1 Å². The molecule has 0 aliphatic heterocycles. The summed E-state index contributed by atoms with van der Waals surface area (Å²) in [6.07, 6.45) is 0.646. The fraction of sp³-hybridized carbons (Fsp3) is 0.300. The lowest BCUT2D eigenvalue weighted by atomic mass is 10.1. The Labute approximate surface area is 170 Å². The average molecular weight is 415 g/mol. The number of nitrogens with zero attached hydrogens (tertiary/aromatic N) is 1. The lowest BCUT2D eigenvalue weighted by Crippen LogP contribution is -2.30. The summed E-state index contributed by atoms with van der Waals surface area (Å²) in [4.78, 5) is 33.4. The van der Waals surface area contributed by atoms with E-state index in [0.29, 0.717) is 35.8 Å². The zero-order valence-electron chi connectivity index (χ0n) is 16.0. The van der Waals surface area contributed by atoms with Gasteiger partial charge in [0.25, 0.3) is 5.69 Å². The minimum atomic E-state index is -1.06. The molecule has 30 heavy (non-hydrogen) atoms. The van der Waals surface area contributed by atoms with E-state index in [1.54, 1.807) is 12.1 Å². The van der Waals surface area contributed by atoms with Crippen LogP contribution in [-0.4, -0.2) is 34.7 Å². The van der Waals surface area contributed by atoms with Gasteiger partial charge in [-0.15, -0.1) is 0 Å². The summed E-state index contributed by atoms with van der Waals surface area (Å²) in [6.45, 7) is 0.000149. The highest BCUT2D eigenvalue weighted by Gasteiger charge is 2.20. The number of alkyl carbamates (subject to hydrolysis) is 1. The number of hydrogen-bond donors (Lipinski definition) is 3. The van der Waals surface area contributed by atoms with E-state index >= 15 is 0 Å². The number of carbonyl (C=O) groups is 2. The van der Waals surface area contributed by atoms with Crippen LogP contribution in [0.5, 0.6) is 0 Å². The van der Waals surface area contributed by atoms with Gasteiger partial charge in [-0.25, -0.2) is 4.79 Å². The van der Waals surface area contributed by atoms with E-state index in [1.165, 1.54) is 6.07 Å². The molecule has 10 heteroatoms. The number of nitrogens with one attached hydrogen (secondary N) is 1. The van der Waals surface area contributed by atoms with Crippen LogP contribution in [0.15, 0.2) is 40.8 Å². The Balaban J connectivity index is 1.61. The Morgan fingerprint density at radius 1 is 1.20 bits per heavy atom. The number of rotatable bonds is 9. The molecular weight excluding hydrogens is 394 g/mol. The van der Waals surface area contributed by atoms with Gasteiger partial charge in [-0.05, 0) is 31.4 Å². The van der Waals surface area contributed by atoms with Crippen molar-refractivity contribution in [1.82, 2.24) is 5.32 Å². The third kappa shape index (κ3) is 4.84. The van der Waals surface area contributed by atoms with Gasteiger partial charge in [0.15, 0.2) is 0 Å². The van der Waals surface area contributed by atoms with E-state index in [2.05, 4.69) is 5.32 Å². The quantitative estimate of drug-likeness (QED) is 0.273. The van der Waals surface area contributed by atoms with Crippen molar-refractivity contribution >= 4 is 39.7 Å². The largest absolute Gasteiger partial charge is 0.480 e. The van der Waals surface area contributed by atoms with Gasteiger partial charge in [0.05, 0.1) is 16.6 Å². The molecule has 0 radical (unpaired) electrons. The second-order valence-electron chi connectivity index (χ2n) is 6.78. The first-order valence-electron chi connectivity index (χ1n) is 9.34. The summed E-state index contributed by atoms with van der Waals surface area (Å²) in [5.74, 6) is -1.06. The maximum atomic E-state index is 11.9. The first-order valence-corrected chi connectivity index (χ1v) is 9.34. The van der Waals surface area contributed by atoms with Crippen LogP contribution >= 0.6 is 0 Å². The number of furan rings is 1. The highest BCUT2D eigenvalue weighted by atomic mass is 16.6. The number of nitro benzene ring substituents is 1. The molecule has 1 atom stereocenters. The number of amides is 1. The molecule has 10 nitrogen and oxygen atoms in total. The van der Waals surface area contributed by atoms with E-state index in [4.69, 9.17) is 20.0 Å². The summed E-state index contributed by atoms with van der Waals surface area (Å²) < 4.78 is 10.8. The highest BCUT2D eigenvalue weighted by Crippen LogP contribution is 2.33. The Morgan fingerprint density at radius 3 is 2.70 bits per heavy atom. The number of ether oxygens (including phenoxy) is 1. The third-order valence-electron chi connectivity index (χ3n) is 4.66. The molecule has 3 rings (SSSR count). The first kappa shape index (κ1) is 21.1. The number of hydrogen-bond acceptors (Lipinski definition) is 7. The molecule has 1 amide bonds. The second-order valence-corrected chi connectivity index (χ2v) is 6.78. The minimum absolute atomic E-state index is 0.197. The van der Waals surface area contributed by atoms with E-state index in [1.807, 2.05) is 18.2 Å². The molecule has 1 aromatic heterocycles. The summed E-state index contributed by atoms with van der Waals surface area (Å²) in [7, 11) is 0. The van der Waals surface area contributed by atoms with Crippen molar-refractivity contribution < 1.29 is 28.8 Å². The van der Waals surface area contributed by atoms with E-state index in [-0.39, 0.29) is 24.4 Å². The standard InChI is InChI=1S/C20H21N3O7/c21-15(19(24)25)6-3-4-8-22-20(26)29-11-12-9-14-13-5-1-2-7-17(13)30-18(14)10-16(12)23(27)28/h1-2,5,7,9-10,15H,3-4,6,8,11,21H2,(H,22,26)(H,24,25). The van der Waals surface area contributed by atoms with Crippen molar-refractivity contribution in [2.24, 2.45) is 5.73 Å². The van der Waals surface area contributed by atoms with Crippen molar-refractivity contribution in [3.05, 3.63) is 52.1 Å². The number of benzene rings is 2. The third-order valence-corrected chi connectivity index (χ3v) is 4.66. The minimum Gasteiger partial charge on any atom is -0.480 e. The van der Waals surface area contributed by atoms with Gasteiger partial charge in [-0.1, -0.05) is 18.2 Å². The van der Waals surface area contributed by atoms with Gasteiger partial charge in [0, 0.05) is 17.3 Å². The second kappa shape index (κ2) is 9.23. The van der Waals surface area contributed by atoms with E-state index < -0.39 is 23.0 Å². The first-order chi connectivity index (χ1) is 14.4. The molecule has 0 fully saturated rings. The highest BCUT2D eigenvalue weighted by molar-refractivity contribution is 6.05. The summed E-state index contributed by atoms with van der Waals surface area (Å²) in [6, 6.07) is 9.27. The fourth-order valence-corrected chi connectivity index (χ4v) is 3.09. The molecule has 1 unspecified atom stereocenters. The number of nitrogens with two attached hydrogens (primary N) is 1. The van der Waals surface area contributed by atoms with Crippen molar-refractivity contribution in [2.75, 3.05) is 6.54 Å². The van der Waals surface area contributed by atoms with Crippen LogP contribution in [-0.2, 0) is 16.1 Å². The van der Waals surface area contributed by atoms with Crippen LogP contribution in [0.4, 0.5) is 10.5 Å². The molecule has 0 aliphatic rings. The number of aliphatic carboxylic acids is 1. The van der Waals surface area contributed by atoms with Gasteiger partial charge >= 0.3 is 12.1 Å². The number of nitro groups is 1. The predicted octanol–water partition coefficient (Wildman–Crippen LogP) is 3.30. The van der Waals surface area contributed by atoms with E-state index in [9.17, 15) is 19.7 Å². The molecule has 0 aliphatic carbocycles. The zero-order chi connectivity index (χ0) is 21.7. The molecular formula is C20H21N3O7. The Morgan fingerprint density at radius 2 is 1.97 bits per heavy atom. The Hall–Kier alpha value is -3.66. The predicted molar refractivity (Wildman–Crippen MR) is 108 cm³/mol. The van der Waals surface area contributed by atoms with Crippen molar-refractivity contribution in [1.29, 1.82) is 0 Å². The number of carboxylic acid groups (broad SMARTS) is 1. The molecule has 2 aromatic carbocycles. The molecule has 0 bridgehead atoms. The molecule has 158 valence electrons. The van der Waals surface area contributed by atoms with Crippen LogP contribution < -0.4 is 11.1 Å². The van der Waals surface area contributed by atoms with Crippen molar-refractivity contribution in [2.45, 2.75) is 31.9 Å². The topological polar surface area (TPSA) is 158 Å². The van der Waals surface area contributed by atoms with Gasteiger partial charge in [-0.3, -0.25) is 14.9 Å². The smallest absolute Gasteiger partial charge is 0.407 e. The van der Waals surface area contributed by atoms with Crippen LogP contribution in [0.3, 0.4) is 0 Å². The average Bonchev–Trinajstić information content (AvgIpc) is 3.08. The Kier molecular flexibility index (Phi) is 6.48. The maximum absolute atomic E-state index is 11.9. The Bertz CT molecular complexity index is 1090. The molecule has 0 saturated heterocycles. The number of para-hydroxylation sites is 1. The lowest BCUT2D eigenvalue weighted by molar-refractivity contribution is -0.385. The number of fused-ring (bicyclic) bond motifs is 3. The number of carboxylic acids is 1. The lowest BCUT2D eigenvalue weighted by Gasteiger charge is -2.09. The number of carbonyl (C=O) groups excluding carboxylic acids is 1. The fourth-order valence-electron chi connectivity index (χ4n) is 3.09. The molecule has 3 aromatic rings. The molecule has 0 saturated carbocycles. The summed E-state index contributed by atoms with van der Waals surface area (Å²) in [5, 5.41) is 24.2. The van der Waals surface area contributed by atoms with Crippen LogP contribution in [0.25, 0.3) is 21.9 Å². The normalized spacial score (nSPS) is 12.0. The SMILES string of the molecule is NC(CCCCNC(=O)OCc1cc2c(cc1[N+](=O)[O-])oc1ccccc12)C(=O)O.